The first-order chi connectivity index (χ1) is 9.94. The Morgan fingerprint density at radius 2 is 2.10 bits per heavy atom. The highest BCUT2D eigenvalue weighted by atomic mass is 32.2. The zero-order chi connectivity index (χ0) is 15.5. The third-order valence-corrected chi connectivity index (χ3v) is 4.98. The summed E-state index contributed by atoms with van der Waals surface area (Å²) in [6.45, 7) is 0.394. The molecular formula is C13H19N3O4S. The number of nitrogens with one attached hydrogen (secondary N) is 2. The van der Waals surface area contributed by atoms with Crippen molar-refractivity contribution in [3.05, 3.63) is 28.3 Å². The lowest BCUT2D eigenvalue weighted by Crippen LogP contribution is -2.25. The molecule has 0 saturated heterocycles. The van der Waals surface area contributed by atoms with Gasteiger partial charge in [0.25, 0.3) is 5.69 Å². The van der Waals surface area contributed by atoms with E-state index in [1.807, 2.05) is 0 Å². The largest absolute Gasteiger partial charge is 0.383 e. The molecule has 0 bridgehead atoms. The molecule has 1 aromatic rings. The van der Waals surface area contributed by atoms with Crippen LogP contribution in [0.3, 0.4) is 0 Å². The molecule has 0 aromatic heterocycles. The van der Waals surface area contributed by atoms with E-state index in [1.54, 1.807) is 0 Å². The van der Waals surface area contributed by atoms with Crippen molar-refractivity contribution < 1.29 is 13.3 Å². The number of nitro groups is 1. The van der Waals surface area contributed by atoms with Gasteiger partial charge in [-0.25, -0.2) is 13.1 Å². The minimum absolute atomic E-state index is 0.0314. The van der Waals surface area contributed by atoms with E-state index in [2.05, 4.69) is 10.0 Å². The van der Waals surface area contributed by atoms with Crippen LogP contribution >= 0.6 is 0 Å². The number of hydrogen-bond acceptors (Lipinski definition) is 5. The zero-order valence-electron chi connectivity index (χ0n) is 11.8. The molecule has 1 aromatic carbocycles. The predicted octanol–water partition coefficient (Wildman–Crippen LogP) is 2.10. The summed E-state index contributed by atoms with van der Waals surface area (Å²) in [5.41, 5.74) is 0.0334. The minimum Gasteiger partial charge on any atom is -0.383 e. The van der Waals surface area contributed by atoms with Crippen molar-refractivity contribution >= 4 is 21.4 Å². The monoisotopic (exact) mass is 313 g/mol. The highest BCUT2D eigenvalue weighted by molar-refractivity contribution is 7.89. The Hall–Kier alpha value is -1.67. The van der Waals surface area contributed by atoms with E-state index >= 15 is 0 Å². The van der Waals surface area contributed by atoms with Crippen LogP contribution in [0.1, 0.15) is 25.7 Å². The van der Waals surface area contributed by atoms with E-state index in [1.165, 1.54) is 38.1 Å². The van der Waals surface area contributed by atoms with Gasteiger partial charge >= 0.3 is 0 Å². The smallest absolute Gasteiger partial charge is 0.292 e. The molecule has 0 atom stereocenters. The number of rotatable bonds is 8. The Morgan fingerprint density at radius 3 is 2.67 bits per heavy atom. The fourth-order valence-electron chi connectivity index (χ4n) is 2.13. The molecule has 0 amide bonds. The molecule has 0 unspecified atom stereocenters. The van der Waals surface area contributed by atoms with Crippen molar-refractivity contribution in [2.24, 2.45) is 5.92 Å². The minimum atomic E-state index is -3.63. The fourth-order valence-corrected chi connectivity index (χ4v) is 3.23. The lowest BCUT2D eigenvalue weighted by Gasteiger charge is -2.08. The summed E-state index contributed by atoms with van der Waals surface area (Å²) in [7, 11) is -2.11. The molecule has 2 rings (SSSR count). The summed E-state index contributed by atoms with van der Waals surface area (Å²) in [6, 6.07) is 3.73. The first-order valence-corrected chi connectivity index (χ1v) is 8.38. The van der Waals surface area contributed by atoms with E-state index in [-0.39, 0.29) is 16.3 Å². The van der Waals surface area contributed by atoms with E-state index in [4.69, 9.17) is 0 Å². The van der Waals surface area contributed by atoms with Crippen LogP contribution in [0.25, 0.3) is 0 Å². The molecule has 1 fully saturated rings. The first kappa shape index (κ1) is 15.7. The molecular weight excluding hydrogens is 294 g/mol. The summed E-state index contributed by atoms with van der Waals surface area (Å²) < 4.78 is 26.8. The SMILES string of the molecule is CNc1cc(S(=O)(=O)NCCCC2CC2)ccc1[N+](=O)[O-]. The van der Waals surface area contributed by atoms with Crippen molar-refractivity contribution in [3.63, 3.8) is 0 Å². The summed E-state index contributed by atoms with van der Waals surface area (Å²) in [5, 5.41) is 13.5. The van der Waals surface area contributed by atoms with Gasteiger partial charge < -0.3 is 5.32 Å². The van der Waals surface area contributed by atoms with E-state index < -0.39 is 14.9 Å². The Morgan fingerprint density at radius 1 is 1.38 bits per heavy atom. The molecule has 1 saturated carbocycles. The number of hydrogen-bond donors (Lipinski definition) is 2. The second-order valence-corrected chi connectivity index (χ2v) is 6.94. The van der Waals surface area contributed by atoms with Crippen molar-refractivity contribution in [2.75, 3.05) is 18.9 Å². The lowest BCUT2D eigenvalue weighted by atomic mass is 10.2. The van der Waals surface area contributed by atoms with Gasteiger partial charge in [0.2, 0.25) is 10.0 Å². The number of anilines is 1. The van der Waals surface area contributed by atoms with Gasteiger partial charge in [0.15, 0.2) is 0 Å². The second kappa shape index (κ2) is 6.40. The van der Waals surface area contributed by atoms with Gasteiger partial charge in [-0.3, -0.25) is 10.1 Å². The van der Waals surface area contributed by atoms with Gasteiger partial charge in [0, 0.05) is 19.7 Å². The van der Waals surface area contributed by atoms with Crippen molar-refractivity contribution in [3.8, 4) is 0 Å². The van der Waals surface area contributed by atoms with Gasteiger partial charge in [0.05, 0.1) is 9.82 Å². The maximum atomic E-state index is 12.1. The molecule has 1 aliphatic carbocycles. The second-order valence-electron chi connectivity index (χ2n) is 5.17. The van der Waals surface area contributed by atoms with Crippen LogP contribution in [0.4, 0.5) is 11.4 Å². The Bertz CT molecular complexity index is 626. The maximum absolute atomic E-state index is 12.1. The summed E-state index contributed by atoms with van der Waals surface area (Å²) in [4.78, 5) is 10.3. The average molecular weight is 313 g/mol. The van der Waals surface area contributed by atoms with Crippen LogP contribution in [0.5, 0.6) is 0 Å². The Kier molecular flexibility index (Phi) is 4.79. The molecule has 0 radical (unpaired) electrons. The zero-order valence-corrected chi connectivity index (χ0v) is 12.6. The first-order valence-electron chi connectivity index (χ1n) is 6.90. The standard InChI is InChI=1S/C13H19N3O4S/c1-14-12-9-11(6-7-13(12)16(17)18)21(19,20)15-8-2-3-10-4-5-10/h6-7,9-10,14-15H,2-5,8H2,1H3. The normalized spacial score (nSPS) is 14.9. The summed E-state index contributed by atoms with van der Waals surface area (Å²) in [6.07, 6.45) is 4.36. The molecule has 0 aliphatic heterocycles. The van der Waals surface area contributed by atoms with Crippen molar-refractivity contribution in [1.29, 1.82) is 0 Å². The van der Waals surface area contributed by atoms with Gasteiger partial charge in [-0.05, 0) is 30.9 Å². The topological polar surface area (TPSA) is 101 Å². The molecule has 21 heavy (non-hydrogen) atoms. The number of sulfonamides is 1. The quantitative estimate of drug-likeness (QED) is 0.435. The molecule has 8 heteroatoms. The molecule has 0 spiro atoms. The number of nitro benzene ring substituents is 1. The highest BCUT2D eigenvalue weighted by Crippen LogP contribution is 2.33. The van der Waals surface area contributed by atoms with Crippen LogP contribution < -0.4 is 10.0 Å². The van der Waals surface area contributed by atoms with Crippen LogP contribution in [-0.2, 0) is 10.0 Å². The summed E-state index contributed by atoms with van der Waals surface area (Å²) in [5.74, 6) is 0.768. The Labute approximate surface area is 123 Å². The van der Waals surface area contributed by atoms with E-state index in [0.29, 0.717) is 6.54 Å². The van der Waals surface area contributed by atoms with Crippen LogP contribution in [0.15, 0.2) is 23.1 Å². The third-order valence-electron chi connectivity index (χ3n) is 3.52. The average Bonchev–Trinajstić information content (AvgIpc) is 3.27. The molecule has 1 aliphatic rings. The van der Waals surface area contributed by atoms with Gasteiger partial charge in [-0.2, -0.15) is 0 Å². The van der Waals surface area contributed by atoms with Crippen LogP contribution in [-0.4, -0.2) is 26.9 Å². The molecule has 116 valence electrons. The third kappa shape index (κ3) is 4.15. The van der Waals surface area contributed by atoms with Gasteiger partial charge in [-0.1, -0.05) is 12.8 Å². The summed E-state index contributed by atoms with van der Waals surface area (Å²) >= 11 is 0. The lowest BCUT2D eigenvalue weighted by molar-refractivity contribution is -0.384. The van der Waals surface area contributed by atoms with Gasteiger partial charge in [0.1, 0.15) is 5.69 Å². The Balaban J connectivity index is 2.05. The molecule has 7 nitrogen and oxygen atoms in total. The number of benzene rings is 1. The van der Waals surface area contributed by atoms with E-state index in [0.717, 1.165) is 18.8 Å². The number of nitrogens with zero attached hydrogens (tertiary/aromatic N) is 1. The molecule has 2 N–H and O–H groups in total. The predicted molar refractivity (Wildman–Crippen MR) is 79.8 cm³/mol. The fraction of sp³-hybridized carbons (Fsp3) is 0.538. The molecule has 0 heterocycles. The van der Waals surface area contributed by atoms with Gasteiger partial charge in [-0.15, -0.1) is 0 Å². The van der Waals surface area contributed by atoms with Crippen LogP contribution in [0, 0.1) is 16.0 Å². The highest BCUT2D eigenvalue weighted by Gasteiger charge is 2.22. The van der Waals surface area contributed by atoms with E-state index in [9.17, 15) is 18.5 Å². The van der Waals surface area contributed by atoms with Crippen LogP contribution in [0.2, 0.25) is 0 Å². The maximum Gasteiger partial charge on any atom is 0.292 e. The van der Waals surface area contributed by atoms with Crippen molar-refractivity contribution in [2.45, 2.75) is 30.6 Å². The van der Waals surface area contributed by atoms with Crippen molar-refractivity contribution in [1.82, 2.24) is 4.72 Å².